The fourth-order valence-corrected chi connectivity index (χ4v) is 0.968. The molecule has 1 saturated heterocycles. The Bertz CT molecular complexity index is 197. The van der Waals surface area contributed by atoms with Crippen LogP contribution in [0.2, 0.25) is 0 Å². The largest absolute Gasteiger partial charge is 0.378 e. The number of nitrogens with zero attached hydrogens (tertiary/aromatic N) is 2. The number of morpholine rings is 1. The van der Waals surface area contributed by atoms with Crippen molar-refractivity contribution < 1.29 is 21.8 Å². The summed E-state index contributed by atoms with van der Waals surface area (Å²) in [6.07, 6.45) is 0. The molecule has 1 rings (SSSR count). The Labute approximate surface area is 87.3 Å². The second-order valence-electron chi connectivity index (χ2n) is 2.46. The summed E-state index contributed by atoms with van der Waals surface area (Å²) in [5, 5.41) is 7.44. The summed E-state index contributed by atoms with van der Waals surface area (Å²) in [6.45, 7) is 2.61. The van der Waals surface area contributed by atoms with Crippen molar-refractivity contribution in [1.29, 1.82) is 5.41 Å². The van der Waals surface area contributed by atoms with Gasteiger partial charge in [-0.05, 0) is 0 Å². The van der Waals surface area contributed by atoms with E-state index in [4.69, 9.17) is 21.6 Å². The first-order chi connectivity index (χ1) is 5.70. The van der Waals surface area contributed by atoms with E-state index < -0.39 is 0 Å². The zero-order valence-electron chi connectivity index (χ0n) is 7.09. The van der Waals surface area contributed by atoms with Crippen molar-refractivity contribution in [3.63, 3.8) is 0 Å². The van der Waals surface area contributed by atoms with Crippen molar-refractivity contribution in [2.75, 3.05) is 26.3 Å². The van der Waals surface area contributed by atoms with Crippen LogP contribution in [-0.2, 0) is 21.8 Å². The average molecular weight is 235 g/mol. The zero-order valence-corrected chi connectivity index (χ0v) is 8.03. The smallest absolute Gasteiger partial charge is 0.221 e. The Morgan fingerprint density at radius 1 is 1.31 bits per heavy atom. The van der Waals surface area contributed by atoms with Gasteiger partial charge in [-0.25, -0.2) is 0 Å². The zero-order chi connectivity index (χ0) is 8.97. The molecule has 6 nitrogen and oxygen atoms in total. The van der Waals surface area contributed by atoms with E-state index in [0.29, 0.717) is 26.3 Å². The van der Waals surface area contributed by atoms with Crippen molar-refractivity contribution >= 4 is 11.9 Å². The van der Waals surface area contributed by atoms with Crippen LogP contribution >= 0.6 is 0 Å². The molecule has 0 aromatic rings. The van der Waals surface area contributed by atoms with Gasteiger partial charge in [-0.3, -0.25) is 5.41 Å². The van der Waals surface area contributed by atoms with Gasteiger partial charge in [0, 0.05) is 30.2 Å². The quantitative estimate of drug-likeness (QED) is 0.271. The summed E-state index contributed by atoms with van der Waals surface area (Å²) < 4.78 is 5.11. The minimum absolute atomic E-state index is 0. The topological polar surface area (TPSA) is 101 Å². The van der Waals surface area contributed by atoms with Crippen LogP contribution in [0, 0.1) is 5.41 Å². The van der Waals surface area contributed by atoms with E-state index in [9.17, 15) is 0 Å². The minimum Gasteiger partial charge on any atom is -0.378 e. The standard InChI is InChI=1S/C6H13N5O.Cu/c7-5(8)10-6(9)11-1-3-12-4-2-11;/h1-4H2,(H5,7,8,9,10);. The van der Waals surface area contributed by atoms with Gasteiger partial charge < -0.3 is 21.1 Å². The Morgan fingerprint density at radius 2 is 1.85 bits per heavy atom. The van der Waals surface area contributed by atoms with Crippen molar-refractivity contribution in [3.8, 4) is 0 Å². The molecular formula is C6H13CuN5O. The van der Waals surface area contributed by atoms with Gasteiger partial charge in [0.05, 0.1) is 13.2 Å². The second-order valence-corrected chi connectivity index (χ2v) is 2.46. The molecule has 0 bridgehead atoms. The van der Waals surface area contributed by atoms with Gasteiger partial charge in [0.1, 0.15) is 0 Å². The van der Waals surface area contributed by atoms with E-state index in [1.165, 1.54) is 0 Å². The molecule has 1 heterocycles. The summed E-state index contributed by atoms with van der Waals surface area (Å²) in [5.41, 5.74) is 10.3. The van der Waals surface area contributed by atoms with Crippen LogP contribution in [0.25, 0.3) is 0 Å². The maximum absolute atomic E-state index is 7.44. The van der Waals surface area contributed by atoms with Gasteiger partial charge in [-0.2, -0.15) is 4.99 Å². The van der Waals surface area contributed by atoms with Gasteiger partial charge in [-0.1, -0.05) is 0 Å². The SMILES string of the molecule is N=C(N=C(N)N)N1CCOCC1.[Cu]. The van der Waals surface area contributed by atoms with Gasteiger partial charge in [0.2, 0.25) is 5.96 Å². The number of hydrogen-bond donors (Lipinski definition) is 3. The number of guanidine groups is 2. The van der Waals surface area contributed by atoms with Crippen LogP contribution < -0.4 is 11.5 Å². The molecule has 0 aliphatic carbocycles. The van der Waals surface area contributed by atoms with Gasteiger partial charge >= 0.3 is 0 Å². The number of ether oxygens (including phenoxy) is 1. The molecule has 0 saturated carbocycles. The molecule has 0 aromatic carbocycles. The Morgan fingerprint density at radius 3 is 2.31 bits per heavy atom. The van der Waals surface area contributed by atoms with Gasteiger partial charge in [0.15, 0.2) is 5.96 Å². The first-order valence-corrected chi connectivity index (χ1v) is 3.71. The van der Waals surface area contributed by atoms with E-state index in [2.05, 4.69) is 4.99 Å². The Hall–Kier alpha value is -0.781. The molecule has 0 unspecified atom stereocenters. The molecule has 0 spiro atoms. The first-order valence-electron chi connectivity index (χ1n) is 3.71. The summed E-state index contributed by atoms with van der Waals surface area (Å²) in [5.74, 6) is 0.0322. The van der Waals surface area contributed by atoms with Gasteiger partial charge in [0.25, 0.3) is 0 Å². The molecule has 7 heteroatoms. The number of rotatable bonds is 0. The third-order valence-electron chi connectivity index (χ3n) is 1.55. The monoisotopic (exact) mass is 234 g/mol. The maximum atomic E-state index is 7.44. The third-order valence-corrected chi connectivity index (χ3v) is 1.55. The molecular weight excluding hydrogens is 222 g/mol. The van der Waals surface area contributed by atoms with Crippen molar-refractivity contribution in [1.82, 2.24) is 4.90 Å². The fourth-order valence-electron chi connectivity index (χ4n) is 0.968. The number of hydrogen-bond acceptors (Lipinski definition) is 2. The molecule has 5 N–H and O–H groups in total. The van der Waals surface area contributed by atoms with E-state index in [1.54, 1.807) is 4.90 Å². The molecule has 1 aliphatic heterocycles. The molecule has 1 fully saturated rings. The van der Waals surface area contributed by atoms with Crippen LogP contribution in [0.15, 0.2) is 4.99 Å². The van der Waals surface area contributed by atoms with Gasteiger partial charge in [-0.15, -0.1) is 0 Å². The Kier molecular flexibility index (Phi) is 5.45. The molecule has 0 aromatic heterocycles. The van der Waals surface area contributed by atoms with Crippen molar-refractivity contribution in [3.05, 3.63) is 0 Å². The molecule has 0 atom stereocenters. The van der Waals surface area contributed by atoms with E-state index in [-0.39, 0.29) is 29.0 Å². The van der Waals surface area contributed by atoms with Crippen LogP contribution in [0.1, 0.15) is 0 Å². The predicted molar refractivity (Wildman–Crippen MR) is 45.9 cm³/mol. The van der Waals surface area contributed by atoms with Crippen LogP contribution in [0.3, 0.4) is 0 Å². The summed E-state index contributed by atoms with van der Waals surface area (Å²) in [4.78, 5) is 5.39. The van der Waals surface area contributed by atoms with E-state index in [1.807, 2.05) is 0 Å². The predicted octanol–water partition coefficient (Wildman–Crippen LogP) is -1.48. The summed E-state index contributed by atoms with van der Waals surface area (Å²) in [6, 6.07) is 0. The van der Waals surface area contributed by atoms with Crippen molar-refractivity contribution in [2.45, 2.75) is 0 Å². The number of aliphatic imine (C=N–C) groups is 1. The maximum Gasteiger partial charge on any atom is 0.221 e. The van der Waals surface area contributed by atoms with Crippen LogP contribution in [0.5, 0.6) is 0 Å². The normalized spacial score (nSPS) is 15.8. The molecule has 1 aliphatic rings. The molecule has 1 radical (unpaired) electrons. The first kappa shape index (κ1) is 12.2. The molecule has 13 heavy (non-hydrogen) atoms. The third kappa shape index (κ3) is 4.12. The number of nitrogens with one attached hydrogen (secondary N) is 1. The molecule has 79 valence electrons. The van der Waals surface area contributed by atoms with E-state index >= 15 is 0 Å². The average Bonchev–Trinajstić information content (AvgIpc) is 2.05. The fraction of sp³-hybridized carbons (Fsp3) is 0.667. The summed E-state index contributed by atoms with van der Waals surface area (Å²) >= 11 is 0. The minimum atomic E-state index is -0.0773. The molecule has 0 amide bonds. The number of nitrogens with two attached hydrogens (primary N) is 2. The second kappa shape index (κ2) is 5.80. The van der Waals surface area contributed by atoms with Crippen LogP contribution in [0.4, 0.5) is 0 Å². The summed E-state index contributed by atoms with van der Waals surface area (Å²) in [7, 11) is 0. The van der Waals surface area contributed by atoms with Crippen LogP contribution in [-0.4, -0.2) is 43.1 Å². The Balaban J connectivity index is 0.00000144. The van der Waals surface area contributed by atoms with Crippen molar-refractivity contribution in [2.24, 2.45) is 16.5 Å². The van der Waals surface area contributed by atoms with E-state index in [0.717, 1.165) is 0 Å².